The Kier molecular flexibility index (Phi) is 13.4. The number of nitrogens with one attached hydrogen (secondary N) is 3. The number of aliphatic carboxylic acids is 1. The third kappa shape index (κ3) is 11.1. The Balaban J connectivity index is 2.79. The number of carbonyl (C=O) groups excluding carboxylic acids is 2. The Morgan fingerprint density at radius 3 is 2.29 bits per heavy atom. The number of methoxy groups -OCH3 is 1. The van der Waals surface area contributed by atoms with Gasteiger partial charge in [-0.2, -0.15) is 13.2 Å². The van der Waals surface area contributed by atoms with Crippen LogP contribution in [0.15, 0.2) is 49.7 Å². The van der Waals surface area contributed by atoms with Gasteiger partial charge in [0.2, 0.25) is 5.54 Å². The molecule has 16 heteroatoms. The molecule has 0 bridgehead atoms. The van der Waals surface area contributed by atoms with Crippen LogP contribution >= 0.6 is 0 Å². The molecule has 48 heavy (non-hydrogen) atoms. The predicted molar refractivity (Wildman–Crippen MR) is 180 cm³/mol. The maximum absolute atomic E-state index is 14.5. The van der Waals surface area contributed by atoms with E-state index in [1.807, 2.05) is 0 Å². The zero-order valence-electron chi connectivity index (χ0n) is 28.4. The van der Waals surface area contributed by atoms with Crippen LogP contribution in [0.5, 0.6) is 0 Å². The van der Waals surface area contributed by atoms with Crippen molar-refractivity contribution < 1.29 is 46.9 Å². The molecule has 2 rings (SSSR count). The summed E-state index contributed by atoms with van der Waals surface area (Å²) in [6.45, 7) is 19.2. The molecular formula is C32H46F3N5O7Si. The maximum atomic E-state index is 14.5. The lowest BCUT2D eigenvalue weighted by molar-refractivity contribution is -0.196. The quantitative estimate of drug-likeness (QED) is 0.0791. The number of imidazole rings is 1. The van der Waals surface area contributed by atoms with Crippen LogP contribution < -0.4 is 16.0 Å². The first-order valence-electron chi connectivity index (χ1n) is 15.1. The molecule has 0 aliphatic rings. The average molecular weight is 698 g/mol. The van der Waals surface area contributed by atoms with Gasteiger partial charge in [-0.15, -0.1) is 13.2 Å². The molecule has 0 spiro atoms. The van der Waals surface area contributed by atoms with E-state index >= 15 is 0 Å². The monoisotopic (exact) mass is 697 g/mol. The smallest absolute Gasteiger partial charge is 0.422 e. The Morgan fingerprint density at radius 1 is 1.10 bits per heavy atom. The second kappa shape index (κ2) is 16.2. The van der Waals surface area contributed by atoms with Crippen LogP contribution in [-0.4, -0.2) is 71.9 Å². The highest BCUT2D eigenvalue weighted by atomic mass is 28.3. The number of ether oxygens (including phenoxy) is 3. The van der Waals surface area contributed by atoms with Gasteiger partial charge in [0.15, 0.2) is 0 Å². The molecule has 0 saturated carbocycles. The molecule has 266 valence electrons. The number of carboxylic acids is 1. The number of carbonyl (C=O) groups is 3. The van der Waals surface area contributed by atoms with Crippen molar-refractivity contribution in [3.05, 3.63) is 55.5 Å². The number of alkyl carbamates (subject to hydrolysis) is 1. The van der Waals surface area contributed by atoms with E-state index in [2.05, 4.69) is 53.5 Å². The highest BCUT2D eigenvalue weighted by Crippen LogP contribution is 2.41. The number of halogens is 3. The van der Waals surface area contributed by atoms with Crippen molar-refractivity contribution in [1.29, 1.82) is 0 Å². The van der Waals surface area contributed by atoms with E-state index in [9.17, 15) is 32.7 Å². The summed E-state index contributed by atoms with van der Waals surface area (Å²) < 4.78 is 61.0. The topological polar surface area (TPSA) is 153 Å². The number of hydrogen-bond acceptors (Lipinski definition) is 8. The van der Waals surface area contributed by atoms with Crippen LogP contribution in [0.3, 0.4) is 0 Å². The molecule has 0 radical (unpaired) electrons. The first-order valence-corrected chi connectivity index (χ1v) is 18.8. The summed E-state index contributed by atoms with van der Waals surface area (Å²) in [5.41, 5.74) is -4.42. The molecule has 0 aliphatic heterocycles. The summed E-state index contributed by atoms with van der Waals surface area (Å²) >= 11 is 0. The number of carboxylic acid groups (broad SMARTS) is 1. The summed E-state index contributed by atoms with van der Waals surface area (Å²) in [5, 5.41) is 17.2. The van der Waals surface area contributed by atoms with Crippen molar-refractivity contribution in [2.75, 3.05) is 24.4 Å². The molecule has 0 aliphatic carbocycles. The Bertz CT molecular complexity index is 1470. The number of hydrogen-bond donors (Lipinski definition) is 4. The molecule has 2 aromatic rings. The Hall–Kier alpha value is -4.31. The summed E-state index contributed by atoms with van der Waals surface area (Å²) in [4.78, 5) is 41.7. The average Bonchev–Trinajstić information content (AvgIpc) is 3.36. The molecule has 2 atom stereocenters. The van der Waals surface area contributed by atoms with Crippen LogP contribution in [0.2, 0.25) is 25.7 Å². The zero-order chi connectivity index (χ0) is 36.5. The van der Waals surface area contributed by atoms with E-state index in [1.165, 1.54) is 18.3 Å². The van der Waals surface area contributed by atoms with Crippen molar-refractivity contribution in [3.8, 4) is 11.3 Å². The van der Waals surface area contributed by atoms with Crippen LogP contribution in [0, 0.1) is 0 Å². The van der Waals surface area contributed by atoms with E-state index in [-0.39, 0.29) is 41.6 Å². The molecular weight excluding hydrogens is 651 g/mol. The van der Waals surface area contributed by atoms with Crippen molar-refractivity contribution >= 4 is 37.6 Å². The van der Waals surface area contributed by atoms with Crippen molar-refractivity contribution in [3.63, 3.8) is 0 Å². The number of alkyl halides is 3. The first-order chi connectivity index (χ1) is 22.2. The van der Waals surface area contributed by atoms with E-state index in [1.54, 1.807) is 31.4 Å². The van der Waals surface area contributed by atoms with Gasteiger partial charge in [0.25, 0.3) is 0 Å². The van der Waals surface area contributed by atoms with Gasteiger partial charge in [0.1, 0.15) is 18.2 Å². The van der Waals surface area contributed by atoms with Gasteiger partial charge in [-0.05, 0) is 51.4 Å². The third-order valence-corrected chi connectivity index (χ3v) is 8.52. The zero-order valence-corrected chi connectivity index (χ0v) is 29.4. The second-order valence-electron chi connectivity index (χ2n) is 13.2. The lowest BCUT2D eigenvalue weighted by Crippen LogP contribution is -2.57. The number of anilines is 2. The number of rotatable bonds is 16. The fourth-order valence-electron chi connectivity index (χ4n) is 4.39. The van der Waals surface area contributed by atoms with Crippen molar-refractivity contribution in [1.82, 2.24) is 14.9 Å². The fraction of sp³-hybridized carbons (Fsp3) is 0.500. The Morgan fingerprint density at radius 2 is 1.77 bits per heavy atom. The standard InChI is InChI=1S/C32H46F3N5O7Si/c1-10-12-23(38-29(44)47-30(3,4)5)26-37-25(19-40(26)20-46-16-17-48(7,8)9)22-14-13-21(36-28(43)45-6)18-24(22)39-31(15-11-2,27(41)42)32(33,34)35/h10-11,13-14,18-19,23,39H,1-2,12,15-17,20H2,3-9H3,(H,36,43)(H,38,44)(H,41,42)/t23-,31?/m0/s1. The van der Waals surface area contributed by atoms with Gasteiger partial charge in [0, 0.05) is 44.2 Å². The minimum Gasteiger partial charge on any atom is -0.479 e. The predicted octanol–water partition coefficient (Wildman–Crippen LogP) is 7.56. The molecule has 1 aromatic carbocycles. The van der Waals surface area contributed by atoms with Gasteiger partial charge in [-0.3, -0.25) is 5.32 Å². The molecule has 1 heterocycles. The molecule has 12 nitrogen and oxygen atoms in total. The van der Waals surface area contributed by atoms with E-state index in [4.69, 9.17) is 14.5 Å². The normalized spacial score (nSPS) is 13.9. The minimum atomic E-state index is -5.28. The summed E-state index contributed by atoms with van der Waals surface area (Å²) in [6, 6.07) is 3.97. The minimum absolute atomic E-state index is 0.0126. The molecule has 1 unspecified atom stereocenters. The van der Waals surface area contributed by atoms with Crippen molar-refractivity contribution in [2.24, 2.45) is 0 Å². The van der Waals surface area contributed by atoms with Gasteiger partial charge >= 0.3 is 24.3 Å². The first kappa shape index (κ1) is 39.9. The Labute approximate surface area is 279 Å². The SMILES string of the molecule is C=CC[C@H](NC(=O)OC(C)(C)C)c1nc(-c2ccc(NC(=O)OC)cc2NC(CC=C)(C(=O)O)C(F)(F)F)cn1COCC[Si](C)(C)C. The van der Waals surface area contributed by atoms with Crippen molar-refractivity contribution in [2.45, 2.75) is 89.4 Å². The summed E-state index contributed by atoms with van der Waals surface area (Å²) in [7, 11) is -0.340. The van der Waals surface area contributed by atoms with Crippen LogP contribution in [0.1, 0.15) is 45.5 Å². The fourth-order valence-corrected chi connectivity index (χ4v) is 5.15. The highest BCUT2D eigenvalue weighted by Gasteiger charge is 2.60. The van der Waals surface area contributed by atoms with Crippen LogP contribution in [0.25, 0.3) is 11.3 Å². The number of amides is 2. The van der Waals surface area contributed by atoms with Crippen LogP contribution in [-0.2, 0) is 25.7 Å². The van der Waals surface area contributed by atoms with Gasteiger partial charge in [0.05, 0.1) is 18.8 Å². The maximum Gasteiger partial charge on any atom is 0.422 e. The number of aromatic nitrogens is 2. The molecule has 0 saturated heterocycles. The lowest BCUT2D eigenvalue weighted by Gasteiger charge is -2.33. The molecule has 0 fully saturated rings. The molecule has 2 amide bonds. The third-order valence-electron chi connectivity index (χ3n) is 6.81. The molecule has 4 N–H and O–H groups in total. The van der Waals surface area contributed by atoms with Gasteiger partial charge in [-0.1, -0.05) is 31.8 Å². The second-order valence-corrected chi connectivity index (χ2v) is 18.8. The number of benzene rings is 1. The van der Waals surface area contributed by atoms with Crippen LogP contribution in [0.4, 0.5) is 34.1 Å². The largest absolute Gasteiger partial charge is 0.479 e. The lowest BCUT2D eigenvalue weighted by atomic mass is 9.93. The van der Waals surface area contributed by atoms with E-state index in [0.29, 0.717) is 6.61 Å². The van der Waals surface area contributed by atoms with E-state index < -0.39 is 56.0 Å². The molecule has 1 aromatic heterocycles. The van der Waals surface area contributed by atoms with Gasteiger partial charge < -0.3 is 34.5 Å². The number of nitrogens with zero attached hydrogens (tertiary/aromatic N) is 2. The van der Waals surface area contributed by atoms with E-state index in [0.717, 1.165) is 25.3 Å². The highest BCUT2D eigenvalue weighted by molar-refractivity contribution is 6.76. The summed E-state index contributed by atoms with van der Waals surface area (Å²) in [5.74, 6) is -1.92. The van der Waals surface area contributed by atoms with Gasteiger partial charge in [-0.25, -0.2) is 19.4 Å². The summed E-state index contributed by atoms with van der Waals surface area (Å²) in [6.07, 6.45) is -3.80.